The summed E-state index contributed by atoms with van der Waals surface area (Å²) in [7, 11) is 1.94. The van der Waals surface area contributed by atoms with Gasteiger partial charge in [-0.25, -0.2) is 0 Å². The third kappa shape index (κ3) is 1.54. The Morgan fingerprint density at radius 3 is 2.80 bits per heavy atom. The maximum atomic E-state index is 11.3. The zero-order valence-electron chi connectivity index (χ0n) is 9.24. The second kappa shape index (κ2) is 3.50. The zero-order chi connectivity index (χ0) is 11.0. The van der Waals surface area contributed by atoms with Gasteiger partial charge in [0, 0.05) is 23.7 Å². The van der Waals surface area contributed by atoms with Crippen LogP contribution in [0.25, 0.3) is 10.9 Å². The molecule has 0 saturated heterocycles. The third-order valence-corrected chi connectivity index (χ3v) is 2.70. The van der Waals surface area contributed by atoms with Gasteiger partial charge in [0.05, 0.1) is 5.52 Å². The highest BCUT2D eigenvalue weighted by Gasteiger charge is 2.08. The van der Waals surface area contributed by atoms with E-state index in [0.717, 1.165) is 22.9 Å². The van der Waals surface area contributed by atoms with Crippen LogP contribution in [0.15, 0.2) is 18.2 Å². The van der Waals surface area contributed by atoms with Crippen LogP contribution in [-0.4, -0.2) is 15.6 Å². The molecule has 3 nitrogen and oxygen atoms in total. The summed E-state index contributed by atoms with van der Waals surface area (Å²) in [5, 5.41) is 5.48. The van der Waals surface area contributed by atoms with Crippen molar-refractivity contribution in [1.29, 1.82) is 0 Å². The van der Waals surface area contributed by atoms with Crippen molar-refractivity contribution >= 4 is 16.7 Å². The molecule has 0 N–H and O–H groups in total. The SMILES string of the molecule is CCc1c2cc(C(C)=O)ccc2nn1C. The summed E-state index contributed by atoms with van der Waals surface area (Å²) in [4.78, 5) is 11.3. The zero-order valence-corrected chi connectivity index (χ0v) is 9.24. The second-order valence-electron chi connectivity index (χ2n) is 3.71. The molecule has 1 aromatic heterocycles. The molecule has 0 aliphatic heterocycles. The molecule has 0 aliphatic rings. The van der Waals surface area contributed by atoms with Gasteiger partial charge in [-0.3, -0.25) is 9.48 Å². The number of fused-ring (bicyclic) bond motifs is 1. The van der Waals surface area contributed by atoms with E-state index in [9.17, 15) is 4.79 Å². The van der Waals surface area contributed by atoms with Crippen molar-refractivity contribution < 1.29 is 4.79 Å². The Hall–Kier alpha value is -1.64. The number of ketones is 1. The second-order valence-corrected chi connectivity index (χ2v) is 3.71. The van der Waals surface area contributed by atoms with Crippen LogP contribution in [0.3, 0.4) is 0 Å². The minimum absolute atomic E-state index is 0.0998. The average Bonchev–Trinajstić information content (AvgIpc) is 2.51. The first-order chi connectivity index (χ1) is 7.13. The Labute approximate surface area is 88.7 Å². The summed E-state index contributed by atoms with van der Waals surface area (Å²) >= 11 is 0. The van der Waals surface area contributed by atoms with Crippen molar-refractivity contribution in [3.8, 4) is 0 Å². The van der Waals surface area contributed by atoms with E-state index in [0.29, 0.717) is 0 Å². The summed E-state index contributed by atoms with van der Waals surface area (Å²) in [6.07, 6.45) is 0.925. The average molecular weight is 202 g/mol. The fourth-order valence-corrected chi connectivity index (χ4v) is 1.89. The van der Waals surface area contributed by atoms with Gasteiger partial charge in [0.15, 0.2) is 5.78 Å². The lowest BCUT2D eigenvalue weighted by molar-refractivity contribution is 0.101. The molecule has 0 aliphatic carbocycles. The lowest BCUT2D eigenvalue weighted by Gasteiger charge is -1.98. The van der Waals surface area contributed by atoms with Gasteiger partial charge in [-0.2, -0.15) is 5.10 Å². The standard InChI is InChI=1S/C12H14N2O/c1-4-12-10-7-9(8(2)15)5-6-11(10)13-14(12)3/h5-7H,4H2,1-3H3. The smallest absolute Gasteiger partial charge is 0.159 e. The van der Waals surface area contributed by atoms with E-state index >= 15 is 0 Å². The molecule has 78 valence electrons. The predicted octanol–water partition coefficient (Wildman–Crippen LogP) is 2.34. The summed E-state index contributed by atoms with van der Waals surface area (Å²) in [5.41, 5.74) is 2.89. The number of benzene rings is 1. The Morgan fingerprint density at radius 1 is 1.47 bits per heavy atom. The van der Waals surface area contributed by atoms with Crippen LogP contribution in [-0.2, 0) is 13.5 Å². The lowest BCUT2D eigenvalue weighted by Crippen LogP contribution is -1.96. The number of Topliss-reactive ketones (excluding diaryl/α,β-unsaturated/α-hetero) is 1. The van der Waals surface area contributed by atoms with E-state index in [1.807, 2.05) is 29.9 Å². The molecule has 0 fully saturated rings. The molecule has 0 radical (unpaired) electrons. The van der Waals surface area contributed by atoms with Gasteiger partial charge in [-0.15, -0.1) is 0 Å². The van der Waals surface area contributed by atoms with Crippen LogP contribution in [0.5, 0.6) is 0 Å². The summed E-state index contributed by atoms with van der Waals surface area (Å²) in [6.45, 7) is 3.68. The van der Waals surface area contributed by atoms with Crippen molar-refractivity contribution in [3.05, 3.63) is 29.5 Å². The maximum Gasteiger partial charge on any atom is 0.159 e. The highest BCUT2D eigenvalue weighted by atomic mass is 16.1. The number of hydrogen-bond acceptors (Lipinski definition) is 2. The fourth-order valence-electron chi connectivity index (χ4n) is 1.89. The van der Waals surface area contributed by atoms with Crippen LogP contribution < -0.4 is 0 Å². The van der Waals surface area contributed by atoms with Gasteiger partial charge < -0.3 is 0 Å². The predicted molar refractivity (Wildman–Crippen MR) is 60.1 cm³/mol. The van der Waals surface area contributed by atoms with E-state index in [-0.39, 0.29) is 5.78 Å². The highest BCUT2D eigenvalue weighted by Crippen LogP contribution is 2.20. The first-order valence-electron chi connectivity index (χ1n) is 5.10. The molecule has 0 atom stereocenters. The van der Waals surface area contributed by atoms with Crippen LogP contribution in [0, 0.1) is 0 Å². The van der Waals surface area contributed by atoms with Gasteiger partial charge in [-0.1, -0.05) is 6.92 Å². The molecule has 2 rings (SSSR count). The van der Waals surface area contributed by atoms with E-state index < -0.39 is 0 Å². The van der Waals surface area contributed by atoms with Crippen molar-refractivity contribution in [2.45, 2.75) is 20.3 Å². The van der Waals surface area contributed by atoms with Crippen LogP contribution >= 0.6 is 0 Å². The molecule has 0 saturated carbocycles. The summed E-state index contributed by atoms with van der Waals surface area (Å²) in [5.74, 6) is 0.0998. The molecule has 0 bridgehead atoms. The molecule has 3 heteroatoms. The van der Waals surface area contributed by atoms with E-state index in [1.54, 1.807) is 6.92 Å². The van der Waals surface area contributed by atoms with E-state index in [1.165, 1.54) is 5.69 Å². The largest absolute Gasteiger partial charge is 0.295 e. The van der Waals surface area contributed by atoms with Crippen molar-refractivity contribution in [2.75, 3.05) is 0 Å². The first-order valence-corrected chi connectivity index (χ1v) is 5.10. The van der Waals surface area contributed by atoms with Gasteiger partial charge in [0.1, 0.15) is 0 Å². The Morgan fingerprint density at radius 2 is 2.20 bits per heavy atom. The molecule has 0 amide bonds. The van der Waals surface area contributed by atoms with Crippen LogP contribution in [0.4, 0.5) is 0 Å². The minimum Gasteiger partial charge on any atom is -0.295 e. The molecular weight excluding hydrogens is 188 g/mol. The molecule has 1 heterocycles. The van der Waals surface area contributed by atoms with Crippen LogP contribution in [0.1, 0.15) is 29.9 Å². The number of carbonyl (C=O) groups is 1. The maximum absolute atomic E-state index is 11.3. The number of aromatic nitrogens is 2. The number of nitrogens with zero attached hydrogens (tertiary/aromatic N) is 2. The van der Waals surface area contributed by atoms with Gasteiger partial charge in [0.25, 0.3) is 0 Å². The van der Waals surface area contributed by atoms with Gasteiger partial charge in [-0.05, 0) is 31.5 Å². The Kier molecular flexibility index (Phi) is 2.31. The Bertz CT molecular complexity index is 526. The van der Waals surface area contributed by atoms with Gasteiger partial charge in [0.2, 0.25) is 0 Å². The van der Waals surface area contributed by atoms with Crippen molar-refractivity contribution in [3.63, 3.8) is 0 Å². The number of rotatable bonds is 2. The Balaban J connectivity index is 2.73. The molecule has 0 unspecified atom stereocenters. The van der Waals surface area contributed by atoms with Crippen molar-refractivity contribution in [2.24, 2.45) is 7.05 Å². The topological polar surface area (TPSA) is 34.9 Å². The molecule has 1 aromatic carbocycles. The summed E-state index contributed by atoms with van der Waals surface area (Å²) in [6, 6.07) is 5.67. The minimum atomic E-state index is 0.0998. The number of aryl methyl sites for hydroxylation is 2. The summed E-state index contributed by atoms with van der Waals surface area (Å²) < 4.78 is 1.88. The van der Waals surface area contributed by atoms with Crippen molar-refractivity contribution in [1.82, 2.24) is 9.78 Å². The number of carbonyl (C=O) groups excluding carboxylic acids is 1. The monoisotopic (exact) mass is 202 g/mol. The normalized spacial score (nSPS) is 10.9. The van der Waals surface area contributed by atoms with Crippen LogP contribution in [0.2, 0.25) is 0 Å². The molecule has 15 heavy (non-hydrogen) atoms. The van der Waals surface area contributed by atoms with Gasteiger partial charge >= 0.3 is 0 Å². The molecule has 0 spiro atoms. The number of hydrogen-bond donors (Lipinski definition) is 0. The van der Waals surface area contributed by atoms with E-state index in [4.69, 9.17) is 0 Å². The molecular formula is C12H14N2O. The van der Waals surface area contributed by atoms with E-state index in [2.05, 4.69) is 12.0 Å². The molecule has 2 aromatic rings. The fraction of sp³-hybridized carbons (Fsp3) is 0.333. The lowest BCUT2D eigenvalue weighted by atomic mass is 10.1. The quantitative estimate of drug-likeness (QED) is 0.700. The first kappa shape index (κ1) is 9.90. The third-order valence-electron chi connectivity index (χ3n) is 2.70. The highest BCUT2D eigenvalue weighted by molar-refractivity contribution is 5.98.